The number of hydrogen-bond acceptors (Lipinski definition) is 10. The number of fused-ring (bicyclic) bond motifs is 3. The van der Waals surface area contributed by atoms with Gasteiger partial charge in [0.1, 0.15) is 11.6 Å². The molecule has 0 bridgehead atoms. The number of nitro groups is 1. The van der Waals surface area contributed by atoms with Gasteiger partial charge in [0.25, 0.3) is 6.54 Å². The van der Waals surface area contributed by atoms with Gasteiger partial charge in [-0.2, -0.15) is 0 Å². The Morgan fingerprint density at radius 2 is 1.81 bits per heavy atom. The van der Waals surface area contributed by atoms with Crippen molar-refractivity contribution in [1.29, 1.82) is 0 Å². The van der Waals surface area contributed by atoms with E-state index >= 15 is 0 Å². The molecule has 2 atom stereocenters. The molecule has 3 amide bonds. The standard InChI is InChI=1S/C32H44N6O9/c1-18(39)35-23-13-10-19-15-25(44-5)28(45-6)29(46-7)27(19)21-12-11-20(16-22(21)23)36-30(40)24(37-31(41)47-32(2,3)4)9-8-14-34-26(33)17-38(42)43/h11-12,15-16,23-24H,8-10,13-14,17H2,1-7H3,(H2,33,34)(H,35,39)(H,36,40)(H,37,41)/t23-,24-/m0/s1. The first-order valence-electron chi connectivity index (χ1n) is 15.1. The van der Waals surface area contributed by atoms with E-state index in [4.69, 9.17) is 24.7 Å². The van der Waals surface area contributed by atoms with E-state index in [1.54, 1.807) is 47.1 Å². The van der Waals surface area contributed by atoms with Crippen LogP contribution in [0.15, 0.2) is 29.3 Å². The van der Waals surface area contributed by atoms with Gasteiger partial charge < -0.3 is 40.6 Å². The number of ether oxygens (including phenoxy) is 4. The highest BCUT2D eigenvalue weighted by molar-refractivity contribution is 5.97. The molecule has 0 heterocycles. The number of alkyl carbamates (subject to hydrolysis) is 1. The molecule has 0 saturated heterocycles. The zero-order valence-corrected chi connectivity index (χ0v) is 27.9. The van der Waals surface area contributed by atoms with Crippen LogP contribution in [0.5, 0.6) is 17.2 Å². The van der Waals surface area contributed by atoms with Gasteiger partial charge in [-0.15, -0.1) is 0 Å². The number of nitrogens with one attached hydrogen (secondary N) is 3. The number of methoxy groups -OCH3 is 3. The first-order chi connectivity index (χ1) is 22.2. The molecule has 5 N–H and O–H groups in total. The highest BCUT2D eigenvalue weighted by Crippen LogP contribution is 2.50. The molecule has 0 unspecified atom stereocenters. The van der Waals surface area contributed by atoms with Crippen LogP contribution in [0.25, 0.3) is 11.1 Å². The predicted molar refractivity (Wildman–Crippen MR) is 176 cm³/mol. The summed E-state index contributed by atoms with van der Waals surface area (Å²) in [5.74, 6) is 0.547. The van der Waals surface area contributed by atoms with Crippen molar-refractivity contribution >= 4 is 29.4 Å². The minimum Gasteiger partial charge on any atom is -0.493 e. The number of aliphatic imine (C=N–C) groups is 1. The third-order valence-electron chi connectivity index (χ3n) is 7.22. The summed E-state index contributed by atoms with van der Waals surface area (Å²) < 4.78 is 22.4. The van der Waals surface area contributed by atoms with E-state index in [0.717, 1.165) is 22.3 Å². The third kappa shape index (κ3) is 9.95. The molecule has 0 aliphatic heterocycles. The Morgan fingerprint density at radius 3 is 2.40 bits per heavy atom. The molecule has 3 rings (SSSR count). The smallest absolute Gasteiger partial charge is 0.408 e. The number of rotatable bonds is 13. The minimum absolute atomic E-state index is 0.117. The van der Waals surface area contributed by atoms with Crippen molar-refractivity contribution in [2.24, 2.45) is 10.7 Å². The lowest BCUT2D eigenvalue weighted by atomic mass is 9.93. The summed E-state index contributed by atoms with van der Waals surface area (Å²) in [5, 5.41) is 19.2. The maximum absolute atomic E-state index is 13.6. The minimum atomic E-state index is -1.03. The van der Waals surface area contributed by atoms with Gasteiger partial charge in [0, 0.05) is 29.6 Å². The third-order valence-corrected chi connectivity index (χ3v) is 7.22. The van der Waals surface area contributed by atoms with Gasteiger partial charge in [0.2, 0.25) is 17.6 Å². The number of nitrogens with two attached hydrogens (primary N) is 1. The van der Waals surface area contributed by atoms with Crippen molar-refractivity contribution in [3.8, 4) is 28.4 Å². The van der Waals surface area contributed by atoms with Crippen molar-refractivity contribution in [3.05, 3.63) is 45.5 Å². The lowest BCUT2D eigenvalue weighted by Crippen LogP contribution is -2.45. The monoisotopic (exact) mass is 656 g/mol. The Kier molecular flexibility index (Phi) is 12.4. The molecule has 15 nitrogen and oxygen atoms in total. The van der Waals surface area contributed by atoms with Gasteiger partial charge in [0.15, 0.2) is 17.3 Å². The molecule has 2 aromatic carbocycles. The van der Waals surface area contributed by atoms with Crippen LogP contribution < -0.4 is 35.9 Å². The van der Waals surface area contributed by atoms with Gasteiger partial charge in [-0.1, -0.05) is 6.07 Å². The molecule has 0 radical (unpaired) electrons. The number of benzene rings is 2. The number of nitrogens with zero attached hydrogens (tertiary/aromatic N) is 2. The molecule has 47 heavy (non-hydrogen) atoms. The molecular weight excluding hydrogens is 612 g/mol. The van der Waals surface area contributed by atoms with Crippen LogP contribution >= 0.6 is 0 Å². The van der Waals surface area contributed by atoms with E-state index in [1.807, 2.05) is 12.1 Å². The Hall–Kier alpha value is -5.08. The molecule has 0 aromatic heterocycles. The summed E-state index contributed by atoms with van der Waals surface area (Å²) in [7, 11) is 4.62. The van der Waals surface area contributed by atoms with Gasteiger partial charge >= 0.3 is 6.09 Å². The predicted octanol–water partition coefficient (Wildman–Crippen LogP) is 3.75. The second-order valence-electron chi connectivity index (χ2n) is 12.0. The zero-order valence-electron chi connectivity index (χ0n) is 27.9. The van der Waals surface area contributed by atoms with Crippen molar-refractivity contribution in [2.45, 2.75) is 71.1 Å². The SMILES string of the molecule is COc1cc2c(c(OC)c1OC)-c1ccc(NC(=O)[C@H](CCCN=C(N)C[N+](=O)[O-])NC(=O)OC(C)(C)C)cc1[C@@H](NC(C)=O)CC2. The van der Waals surface area contributed by atoms with Crippen LogP contribution in [0, 0.1) is 10.1 Å². The molecule has 15 heteroatoms. The first kappa shape index (κ1) is 36.4. The normalized spacial score (nSPS) is 14.8. The summed E-state index contributed by atoms with van der Waals surface area (Å²) in [6.45, 7) is 6.08. The number of aryl methyl sites for hydroxylation is 1. The highest BCUT2D eigenvalue weighted by atomic mass is 16.6. The van der Waals surface area contributed by atoms with Crippen LogP contribution in [0.2, 0.25) is 0 Å². The second-order valence-corrected chi connectivity index (χ2v) is 12.0. The molecule has 2 aromatic rings. The molecule has 0 fully saturated rings. The fraction of sp³-hybridized carbons (Fsp3) is 0.500. The van der Waals surface area contributed by atoms with Crippen molar-refractivity contribution in [3.63, 3.8) is 0 Å². The van der Waals surface area contributed by atoms with Crippen LogP contribution in [-0.2, 0) is 20.7 Å². The second kappa shape index (κ2) is 16.0. The van der Waals surface area contributed by atoms with E-state index in [0.29, 0.717) is 42.2 Å². The molecular formula is C32H44N6O9. The summed E-state index contributed by atoms with van der Waals surface area (Å²) in [6, 6.07) is 5.81. The lowest BCUT2D eigenvalue weighted by Gasteiger charge is -2.24. The van der Waals surface area contributed by atoms with Crippen molar-refractivity contribution in [2.75, 3.05) is 39.7 Å². The lowest BCUT2D eigenvalue weighted by molar-refractivity contribution is -0.463. The number of anilines is 1. The van der Waals surface area contributed by atoms with E-state index in [9.17, 15) is 24.5 Å². The van der Waals surface area contributed by atoms with Crippen LogP contribution in [0.4, 0.5) is 10.5 Å². The van der Waals surface area contributed by atoms with Gasteiger partial charge in [-0.3, -0.25) is 24.7 Å². The molecule has 1 aliphatic rings. The molecule has 256 valence electrons. The number of hydrogen-bond donors (Lipinski definition) is 4. The summed E-state index contributed by atoms with van der Waals surface area (Å²) >= 11 is 0. The number of amidine groups is 1. The largest absolute Gasteiger partial charge is 0.493 e. The molecule has 0 saturated carbocycles. The quantitative estimate of drug-likeness (QED) is 0.0808. The van der Waals surface area contributed by atoms with Crippen molar-refractivity contribution in [1.82, 2.24) is 10.6 Å². The Morgan fingerprint density at radius 1 is 1.11 bits per heavy atom. The molecule has 1 aliphatic carbocycles. The van der Waals surface area contributed by atoms with Crippen LogP contribution in [0.1, 0.15) is 64.1 Å². The topological polar surface area (TPSA) is 206 Å². The maximum Gasteiger partial charge on any atom is 0.408 e. The van der Waals surface area contributed by atoms with E-state index in [2.05, 4.69) is 20.9 Å². The summed E-state index contributed by atoms with van der Waals surface area (Å²) in [5.41, 5.74) is 8.46. The van der Waals surface area contributed by atoms with Crippen molar-refractivity contribution < 1.29 is 38.3 Å². The average Bonchev–Trinajstić information content (AvgIpc) is 3.12. The summed E-state index contributed by atoms with van der Waals surface area (Å²) in [6.07, 6.45) is 0.798. The molecule has 0 spiro atoms. The highest BCUT2D eigenvalue weighted by Gasteiger charge is 2.30. The van der Waals surface area contributed by atoms with Crippen LogP contribution in [0.3, 0.4) is 0 Å². The number of amides is 3. The Balaban J connectivity index is 1.98. The van der Waals surface area contributed by atoms with E-state index in [1.165, 1.54) is 14.0 Å². The van der Waals surface area contributed by atoms with Gasteiger partial charge in [-0.05, 0) is 81.3 Å². The van der Waals surface area contributed by atoms with Gasteiger partial charge in [-0.25, -0.2) is 4.79 Å². The average molecular weight is 657 g/mol. The fourth-order valence-corrected chi connectivity index (χ4v) is 5.35. The number of carbonyl (C=O) groups excluding carboxylic acids is 3. The Labute approximate surface area is 273 Å². The van der Waals surface area contributed by atoms with E-state index < -0.39 is 41.2 Å². The summed E-state index contributed by atoms with van der Waals surface area (Å²) in [4.78, 5) is 52.5. The first-order valence-corrected chi connectivity index (χ1v) is 15.1. The Bertz CT molecular complexity index is 1520. The van der Waals surface area contributed by atoms with E-state index in [-0.39, 0.29) is 24.7 Å². The number of carbonyl (C=O) groups is 3. The van der Waals surface area contributed by atoms with Gasteiger partial charge in [0.05, 0.1) is 27.4 Å². The zero-order chi connectivity index (χ0) is 34.9. The van der Waals surface area contributed by atoms with Crippen LogP contribution in [-0.4, -0.2) is 74.7 Å². The fourth-order valence-electron chi connectivity index (χ4n) is 5.35. The maximum atomic E-state index is 13.6.